The van der Waals surface area contributed by atoms with Crippen molar-refractivity contribution in [1.82, 2.24) is 10.2 Å². The third-order valence-corrected chi connectivity index (χ3v) is 3.96. The van der Waals surface area contributed by atoms with Gasteiger partial charge < -0.3 is 9.64 Å². The Morgan fingerprint density at radius 3 is 2.82 bits per heavy atom. The topological polar surface area (TPSA) is 41.6 Å². The second-order valence-electron chi connectivity index (χ2n) is 5.16. The molecule has 4 nitrogen and oxygen atoms in total. The van der Waals surface area contributed by atoms with E-state index in [1.165, 1.54) is 25.7 Å². The molecule has 1 unspecified atom stereocenters. The number of ether oxygens (including phenoxy) is 1. The lowest BCUT2D eigenvalue weighted by molar-refractivity contribution is -0.128. The molecule has 17 heavy (non-hydrogen) atoms. The number of hydrogen-bond donors (Lipinski definition) is 1. The van der Waals surface area contributed by atoms with Crippen LogP contribution in [-0.4, -0.2) is 43.8 Å². The van der Waals surface area contributed by atoms with Crippen molar-refractivity contribution in [2.45, 2.75) is 44.7 Å². The van der Waals surface area contributed by atoms with E-state index in [1.54, 1.807) is 7.11 Å². The van der Waals surface area contributed by atoms with E-state index in [-0.39, 0.29) is 5.91 Å². The summed E-state index contributed by atoms with van der Waals surface area (Å²) in [5, 5.41) is 3.38. The third-order valence-electron chi connectivity index (χ3n) is 3.96. The van der Waals surface area contributed by atoms with Crippen molar-refractivity contribution < 1.29 is 9.53 Å². The van der Waals surface area contributed by atoms with Gasteiger partial charge in [-0.1, -0.05) is 12.8 Å². The van der Waals surface area contributed by atoms with Gasteiger partial charge >= 0.3 is 0 Å². The van der Waals surface area contributed by atoms with Gasteiger partial charge in [0.05, 0.1) is 12.7 Å². The Bertz CT molecular complexity index is 252. The maximum Gasteiger partial charge on any atom is 0.237 e. The van der Waals surface area contributed by atoms with Crippen LogP contribution in [0.2, 0.25) is 0 Å². The smallest absolute Gasteiger partial charge is 0.237 e. The fourth-order valence-corrected chi connectivity index (χ4v) is 3.05. The minimum absolute atomic E-state index is 0.277. The normalized spacial score (nSPS) is 26.1. The van der Waals surface area contributed by atoms with Crippen LogP contribution in [-0.2, 0) is 9.53 Å². The summed E-state index contributed by atoms with van der Waals surface area (Å²) in [6.45, 7) is 2.21. The average molecular weight is 240 g/mol. The zero-order chi connectivity index (χ0) is 12.1. The zero-order valence-corrected chi connectivity index (χ0v) is 10.8. The monoisotopic (exact) mass is 240 g/mol. The maximum atomic E-state index is 11.8. The van der Waals surface area contributed by atoms with Gasteiger partial charge in [0, 0.05) is 20.3 Å². The summed E-state index contributed by atoms with van der Waals surface area (Å²) in [4.78, 5) is 13.9. The maximum absolute atomic E-state index is 11.8. The minimum atomic E-state index is 0.277. The van der Waals surface area contributed by atoms with Crippen LogP contribution in [0.5, 0.6) is 0 Å². The van der Waals surface area contributed by atoms with Crippen LogP contribution in [0, 0.1) is 5.92 Å². The standard InChI is InChI=1S/C13H24N2O2/c1-17-9-5-4-8-15-12(16)10-14-13(15)11-6-2-3-7-11/h11,13-14H,2-10H2,1H3. The van der Waals surface area contributed by atoms with Crippen molar-refractivity contribution in [3.63, 3.8) is 0 Å². The van der Waals surface area contributed by atoms with Gasteiger partial charge in [0.25, 0.3) is 0 Å². The number of nitrogens with zero attached hydrogens (tertiary/aromatic N) is 1. The van der Waals surface area contributed by atoms with E-state index in [9.17, 15) is 4.79 Å². The first kappa shape index (κ1) is 12.8. The third kappa shape index (κ3) is 3.19. The molecule has 1 N–H and O–H groups in total. The Kier molecular flexibility index (Phi) is 4.80. The first-order valence-corrected chi connectivity index (χ1v) is 6.84. The Labute approximate surface area is 104 Å². The molecular formula is C13H24N2O2. The Balaban J connectivity index is 1.81. The number of nitrogens with one attached hydrogen (secondary N) is 1. The molecule has 1 aliphatic heterocycles. The first-order chi connectivity index (χ1) is 8.33. The number of unbranched alkanes of at least 4 members (excludes halogenated alkanes) is 1. The van der Waals surface area contributed by atoms with Crippen LogP contribution < -0.4 is 5.32 Å². The van der Waals surface area contributed by atoms with Crippen LogP contribution >= 0.6 is 0 Å². The predicted octanol–water partition coefficient (Wildman–Crippen LogP) is 1.36. The second kappa shape index (κ2) is 6.36. The summed E-state index contributed by atoms with van der Waals surface area (Å²) in [6.07, 6.45) is 7.61. The quantitative estimate of drug-likeness (QED) is 0.713. The van der Waals surface area contributed by atoms with Crippen molar-refractivity contribution in [1.29, 1.82) is 0 Å². The van der Waals surface area contributed by atoms with Crippen LogP contribution in [0.3, 0.4) is 0 Å². The van der Waals surface area contributed by atoms with Gasteiger partial charge in [-0.05, 0) is 31.6 Å². The van der Waals surface area contributed by atoms with Crippen LogP contribution in [0.1, 0.15) is 38.5 Å². The highest BCUT2D eigenvalue weighted by atomic mass is 16.5. The molecule has 0 spiro atoms. The second-order valence-corrected chi connectivity index (χ2v) is 5.16. The predicted molar refractivity (Wildman–Crippen MR) is 66.6 cm³/mol. The van der Waals surface area contributed by atoms with Crippen LogP contribution in [0.25, 0.3) is 0 Å². The summed E-state index contributed by atoms with van der Waals surface area (Å²) in [5.74, 6) is 0.961. The van der Waals surface area contributed by atoms with Gasteiger partial charge in [0.15, 0.2) is 0 Å². The highest BCUT2D eigenvalue weighted by molar-refractivity contribution is 5.80. The molecule has 0 aromatic heterocycles. The van der Waals surface area contributed by atoms with Crippen molar-refractivity contribution in [2.75, 3.05) is 26.8 Å². The van der Waals surface area contributed by atoms with Gasteiger partial charge in [-0.3, -0.25) is 10.1 Å². The number of hydrogen-bond acceptors (Lipinski definition) is 3. The van der Waals surface area contributed by atoms with E-state index in [0.717, 1.165) is 26.0 Å². The summed E-state index contributed by atoms with van der Waals surface area (Å²) in [7, 11) is 1.73. The molecule has 1 aliphatic carbocycles. The van der Waals surface area contributed by atoms with E-state index < -0.39 is 0 Å². The molecular weight excluding hydrogens is 216 g/mol. The molecule has 1 saturated carbocycles. The van der Waals surface area contributed by atoms with Crippen molar-refractivity contribution in [3.05, 3.63) is 0 Å². The summed E-state index contributed by atoms with van der Waals surface area (Å²) in [5.41, 5.74) is 0. The number of carbonyl (C=O) groups is 1. The summed E-state index contributed by atoms with van der Waals surface area (Å²) in [6, 6.07) is 0. The molecule has 1 amide bonds. The number of rotatable bonds is 6. The van der Waals surface area contributed by atoms with E-state index >= 15 is 0 Å². The van der Waals surface area contributed by atoms with Crippen molar-refractivity contribution >= 4 is 5.91 Å². The zero-order valence-electron chi connectivity index (χ0n) is 10.8. The lowest BCUT2D eigenvalue weighted by Crippen LogP contribution is -2.42. The van der Waals surface area contributed by atoms with E-state index in [0.29, 0.717) is 18.6 Å². The molecule has 1 saturated heterocycles. The highest BCUT2D eigenvalue weighted by Crippen LogP contribution is 2.30. The van der Waals surface area contributed by atoms with Gasteiger partial charge in [-0.2, -0.15) is 0 Å². The van der Waals surface area contributed by atoms with Gasteiger partial charge in [-0.15, -0.1) is 0 Å². The van der Waals surface area contributed by atoms with E-state index in [4.69, 9.17) is 4.74 Å². The van der Waals surface area contributed by atoms with Gasteiger partial charge in [0.1, 0.15) is 0 Å². The molecule has 98 valence electrons. The average Bonchev–Trinajstić information content (AvgIpc) is 2.94. The summed E-state index contributed by atoms with van der Waals surface area (Å²) < 4.78 is 5.04. The lowest BCUT2D eigenvalue weighted by atomic mass is 10.0. The van der Waals surface area contributed by atoms with Crippen molar-refractivity contribution in [2.24, 2.45) is 5.92 Å². The van der Waals surface area contributed by atoms with Crippen LogP contribution in [0.15, 0.2) is 0 Å². The summed E-state index contributed by atoms with van der Waals surface area (Å²) >= 11 is 0. The molecule has 4 heteroatoms. The highest BCUT2D eigenvalue weighted by Gasteiger charge is 2.36. The van der Waals surface area contributed by atoms with Crippen molar-refractivity contribution in [3.8, 4) is 0 Å². The molecule has 0 aromatic rings. The Hall–Kier alpha value is -0.610. The van der Waals surface area contributed by atoms with E-state index in [1.807, 2.05) is 0 Å². The van der Waals surface area contributed by atoms with E-state index in [2.05, 4.69) is 10.2 Å². The molecule has 1 atom stereocenters. The molecule has 0 radical (unpaired) electrons. The minimum Gasteiger partial charge on any atom is -0.385 e. The largest absolute Gasteiger partial charge is 0.385 e. The SMILES string of the molecule is COCCCCN1C(=O)CNC1C1CCCC1. The molecule has 0 aromatic carbocycles. The lowest BCUT2D eigenvalue weighted by Gasteiger charge is -2.29. The molecule has 2 aliphatic rings. The number of carbonyl (C=O) groups excluding carboxylic acids is 1. The van der Waals surface area contributed by atoms with Gasteiger partial charge in [0.2, 0.25) is 5.91 Å². The number of methoxy groups -OCH3 is 1. The molecule has 1 heterocycles. The van der Waals surface area contributed by atoms with Gasteiger partial charge in [-0.25, -0.2) is 0 Å². The Morgan fingerprint density at radius 2 is 2.12 bits per heavy atom. The molecule has 0 bridgehead atoms. The Morgan fingerprint density at radius 1 is 1.35 bits per heavy atom. The van der Waals surface area contributed by atoms with Crippen LogP contribution in [0.4, 0.5) is 0 Å². The molecule has 2 rings (SSSR count). The fraction of sp³-hybridized carbons (Fsp3) is 0.923. The molecule has 2 fully saturated rings. The first-order valence-electron chi connectivity index (χ1n) is 6.84. The fourth-order valence-electron chi connectivity index (χ4n) is 3.05. The number of amides is 1.